The highest BCUT2D eigenvalue weighted by Gasteiger charge is 2.30. The first-order chi connectivity index (χ1) is 9.60. The number of nitrogens with one attached hydrogen (secondary N) is 1. The van der Waals surface area contributed by atoms with Crippen molar-refractivity contribution >= 4 is 0 Å². The van der Waals surface area contributed by atoms with Crippen LogP contribution in [0.3, 0.4) is 0 Å². The highest BCUT2D eigenvalue weighted by atomic mass is 15.2. The average molecular weight is 281 g/mol. The average Bonchev–Trinajstić information content (AvgIpc) is 2.78. The van der Waals surface area contributed by atoms with Crippen molar-refractivity contribution in [2.75, 3.05) is 40.3 Å². The number of hydrogen-bond donors (Lipinski definition) is 1. The van der Waals surface area contributed by atoms with E-state index in [-0.39, 0.29) is 0 Å². The summed E-state index contributed by atoms with van der Waals surface area (Å²) in [6, 6.07) is 1.54. The number of hydrogen-bond acceptors (Lipinski definition) is 3. The Morgan fingerprint density at radius 2 is 2.00 bits per heavy atom. The van der Waals surface area contributed by atoms with Crippen LogP contribution in [0.25, 0.3) is 0 Å². The van der Waals surface area contributed by atoms with Gasteiger partial charge in [-0.15, -0.1) is 0 Å². The van der Waals surface area contributed by atoms with Gasteiger partial charge in [0.15, 0.2) is 0 Å². The summed E-state index contributed by atoms with van der Waals surface area (Å²) in [6.45, 7) is 9.60. The van der Waals surface area contributed by atoms with Gasteiger partial charge in [0, 0.05) is 25.2 Å². The van der Waals surface area contributed by atoms with Crippen molar-refractivity contribution in [1.29, 1.82) is 0 Å². The highest BCUT2D eigenvalue weighted by molar-refractivity contribution is 4.86. The van der Waals surface area contributed by atoms with Crippen LogP contribution in [0.4, 0.5) is 0 Å². The monoisotopic (exact) mass is 281 g/mol. The summed E-state index contributed by atoms with van der Waals surface area (Å²) in [5.74, 6) is 1.76. The lowest BCUT2D eigenvalue weighted by atomic mass is 9.78. The van der Waals surface area contributed by atoms with Crippen molar-refractivity contribution in [1.82, 2.24) is 15.1 Å². The summed E-state index contributed by atoms with van der Waals surface area (Å²) in [6.07, 6.45) is 6.95. The number of nitrogens with zero attached hydrogens (tertiary/aromatic N) is 2. The maximum atomic E-state index is 3.73. The van der Waals surface area contributed by atoms with Gasteiger partial charge in [-0.05, 0) is 71.1 Å². The molecule has 2 fully saturated rings. The second kappa shape index (κ2) is 7.77. The van der Waals surface area contributed by atoms with Gasteiger partial charge in [0.1, 0.15) is 0 Å². The van der Waals surface area contributed by atoms with Crippen LogP contribution < -0.4 is 5.32 Å². The van der Waals surface area contributed by atoms with E-state index in [9.17, 15) is 0 Å². The molecule has 0 aromatic heterocycles. The number of likely N-dealkylation sites (N-methyl/N-ethyl adjacent to an activating group) is 2. The first kappa shape index (κ1) is 16.3. The van der Waals surface area contributed by atoms with Gasteiger partial charge in [-0.3, -0.25) is 0 Å². The van der Waals surface area contributed by atoms with Crippen molar-refractivity contribution in [2.45, 2.75) is 58.0 Å². The third-order valence-electron chi connectivity index (χ3n) is 5.45. The van der Waals surface area contributed by atoms with Crippen LogP contribution in [0.5, 0.6) is 0 Å². The minimum absolute atomic E-state index is 0.750. The van der Waals surface area contributed by atoms with Crippen LogP contribution in [-0.4, -0.2) is 62.2 Å². The van der Waals surface area contributed by atoms with Crippen LogP contribution >= 0.6 is 0 Å². The largest absolute Gasteiger partial charge is 0.314 e. The fourth-order valence-electron chi connectivity index (χ4n) is 4.28. The summed E-state index contributed by atoms with van der Waals surface area (Å²) in [4.78, 5) is 5.14. The molecule has 4 atom stereocenters. The molecule has 1 N–H and O–H groups in total. The predicted octanol–water partition coefficient (Wildman–Crippen LogP) is 2.43. The zero-order valence-electron chi connectivity index (χ0n) is 14.1. The lowest BCUT2D eigenvalue weighted by Gasteiger charge is -2.38. The minimum atomic E-state index is 0.750. The van der Waals surface area contributed by atoms with Crippen LogP contribution in [0.1, 0.15) is 46.0 Å². The predicted molar refractivity (Wildman–Crippen MR) is 87.1 cm³/mol. The van der Waals surface area contributed by atoms with E-state index in [4.69, 9.17) is 0 Å². The Morgan fingerprint density at radius 3 is 2.65 bits per heavy atom. The maximum absolute atomic E-state index is 3.73. The quantitative estimate of drug-likeness (QED) is 0.807. The van der Waals surface area contributed by atoms with Gasteiger partial charge >= 0.3 is 0 Å². The molecule has 3 nitrogen and oxygen atoms in total. The summed E-state index contributed by atoms with van der Waals surface area (Å²) in [7, 11) is 4.62. The van der Waals surface area contributed by atoms with Gasteiger partial charge in [-0.25, -0.2) is 0 Å². The molecule has 0 aromatic rings. The van der Waals surface area contributed by atoms with Crippen LogP contribution in [-0.2, 0) is 0 Å². The lowest BCUT2D eigenvalue weighted by Crippen LogP contribution is -2.46. The molecule has 0 bridgehead atoms. The van der Waals surface area contributed by atoms with Crippen LogP contribution in [0.2, 0.25) is 0 Å². The normalized spacial score (nSPS) is 35.9. The third kappa shape index (κ3) is 4.44. The molecule has 1 saturated heterocycles. The molecule has 1 saturated carbocycles. The Balaban J connectivity index is 1.82. The molecule has 2 aliphatic rings. The molecule has 20 heavy (non-hydrogen) atoms. The van der Waals surface area contributed by atoms with Gasteiger partial charge in [0.2, 0.25) is 0 Å². The first-order valence-electron chi connectivity index (χ1n) is 8.72. The molecule has 1 heterocycles. The van der Waals surface area contributed by atoms with E-state index in [0.29, 0.717) is 0 Å². The first-order valence-corrected chi connectivity index (χ1v) is 8.72. The Morgan fingerprint density at radius 1 is 1.20 bits per heavy atom. The van der Waals surface area contributed by atoms with Crippen molar-refractivity contribution in [3.63, 3.8) is 0 Å². The molecule has 1 aliphatic carbocycles. The molecule has 0 amide bonds. The van der Waals surface area contributed by atoms with E-state index in [1.165, 1.54) is 51.7 Å². The van der Waals surface area contributed by atoms with Gasteiger partial charge in [-0.1, -0.05) is 13.8 Å². The fourth-order valence-corrected chi connectivity index (χ4v) is 4.28. The van der Waals surface area contributed by atoms with Crippen LogP contribution in [0, 0.1) is 11.8 Å². The SMILES string of the molecule is CCNC1CCC(C)CC1CN(C)CC1CCCN1C. The number of likely N-dealkylation sites (tertiary alicyclic amines) is 1. The molecule has 0 aromatic carbocycles. The third-order valence-corrected chi connectivity index (χ3v) is 5.45. The molecule has 0 radical (unpaired) electrons. The second-order valence-corrected chi connectivity index (χ2v) is 7.34. The minimum Gasteiger partial charge on any atom is -0.314 e. The molecule has 1 aliphatic heterocycles. The Kier molecular flexibility index (Phi) is 6.31. The van der Waals surface area contributed by atoms with Crippen molar-refractivity contribution in [3.05, 3.63) is 0 Å². The van der Waals surface area contributed by atoms with Gasteiger partial charge in [0.25, 0.3) is 0 Å². The molecular weight excluding hydrogens is 246 g/mol. The van der Waals surface area contributed by atoms with Gasteiger partial charge in [-0.2, -0.15) is 0 Å². The zero-order chi connectivity index (χ0) is 14.5. The summed E-state index contributed by atoms with van der Waals surface area (Å²) < 4.78 is 0. The van der Waals surface area contributed by atoms with E-state index in [1.807, 2.05) is 0 Å². The van der Waals surface area contributed by atoms with Crippen molar-refractivity contribution < 1.29 is 0 Å². The molecule has 4 unspecified atom stereocenters. The maximum Gasteiger partial charge on any atom is 0.0220 e. The van der Waals surface area contributed by atoms with E-state index in [0.717, 1.165) is 30.5 Å². The van der Waals surface area contributed by atoms with Gasteiger partial charge < -0.3 is 15.1 Å². The summed E-state index contributed by atoms with van der Waals surface area (Å²) in [5.41, 5.74) is 0. The molecule has 0 spiro atoms. The second-order valence-electron chi connectivity index (χ2n) is 7.34. The Hall–Kier alpha value is -0.120. The standard InChI is InChI=1S/C17H35N3/c1-5-18-17-9-8-14(2)11-15(17)12-19(3)13-16-7-6-10-20(16)4/h14-18H,5-13H2,1-4H3. The van der Waals surface area contributed by atoms with E-state index < -0.39 is 0 Å². The zero-order valence-corrected chi connectivity index (χ0v) is 14.1. The van der Waals surface area contributed by atoms with Crippen LogP contribution in [0.15, 0.2) is 0 Å². The fraction of sp³-hybridized carbons (Fsp3) is 1.00. The summed E-state index contributed by atoms with van der Waals surface area (Å²) >= 11 is 0. The van der Waals surface area contributed by atoms with E-state index in [2.05, 4.69) is 43.1 Å². The smallest absolute Gasteiger partial charge is 0.0220 e. The summed E-state index contributed by atoms with van der Waals surface area (Å²) in [5, 5.41) is 3.73. The van der Waals surface area contributed by atoms with Gasteiger partial charge in [0.05, 0.1) is 0 Å². The van der Waals surface area contributed by atoms with Crippen molar-refractivity contribution in [2.24, 2.45) is 11.8 Å². The Bertz CT molecular complexity index is 281. The molecule has 2 rings (SSSR count). The Labute approximate surface area is 126 Å². The molecular formula is C17H35N3. The molecule has 3 heteroatoms. The highest BCUT2D eigenvalue weighted by Crippen LogP contribution is 2.30. The van der Waals surface area contributed by atoms with Crippen molar-refractivity contribution in [3.8, 4) is 0 Å². The lowest BCUT2D eigenvalue weighted by molar-refractivity contribution is 0.142. The topological polar surface area (TPSA) is 18.5 Å². The van der Waals surface area contributed by atoms with E-state index in [1.54, 1.807) is 0 Å². The number of rotatable bonds is 6. The molecule has 118 valence electrons. The van der Waals surface area contributed by atoms with E-state index >= 15 is 0 Å².